The molecule has 0 saturated carbocycles. The summed E-state index contributed by atoms with van der Waals surface area (Å²) in [4.78, 5) is 16.7. The smallest absolute Gasteiger partial charge is 0.337 e. The van der Waals surface area contributed by atoms with Crippen LogP contribution in [0.15, 0.2) is 53.1 Å². The first-order valence-electron chi connectivity index (χ1n) is 10.6. The number of hydrogen-bond acceptors (Lipinski definition) is 6. The Hall–Kier alpha value is -3.78. The average molecular weight is 481 g/mol. The molecule has 8 nitrogen and oxygen atoms in total. The molecule has 176 valence electrons. The van der Waals surface area contributed by atoms with E-state index < -0.39 is 5.97 Å². The van der Waals surface area contributed by atoms with E-state index in [9.17, 15) is 9.90 Å². The van der Waals surface area contributed by atoms with Crippen molar-refractivity contribution in [3.05, 3.63) is 70.7 Å². The third kappa shape index (κ3) is 4.36. The monoisotopic (exact) mass is 480 g/mol. The van der Waals surface area contributed by atoms with Gasteiger partial charge in [-0.25, -0.2) is 14.5 Å². The van der Waals surface area contributed by atoms with E-state index in [1.165, 1.54) is 13.2 Å². The number of carboxylic acids is 1. The molecular weight excluding hydrogens is 456 g/mol. The van der Waals surface area contributed by atoms with Crippen molar-refractivity contribution in [1.29, 1.82) is 0 Å². The highest BCUT2D eigenvalue weighted by atomic mass is 35.5. The maximum Gasteiger partial charge on any atom is 0.337 e. The number of methoxy groups -OCH3 is 1. The topological polar surface area (TPSA) is 102 Å². The number of halogens is 1. The van der Waals surface area contributed by atoms with Crippen molar-refractivity contribution in [1.82, 2.24) is 14.8 Å². The maximum absolute atomic E-state index is 12.0. The Balaban J connectivity index is 1.94. The van der Waals surface area contributed by atoms with Crippen LogP contribution < -0.4 is 10.1 Å². The lowest BCUT2D eigenvalue weighted by atomic mass is 9.93. The third-order valence-electron chi connectivity index (χ3n) is 5.34. The molecule has 2 N–H and O–H groups in total. The van der Waals surface area contributed by atoms with Crippen LogP contribution in [0.5, 0.6) is 5.75 Å². The Labute approximate surface area is 202 Å². The summed E-state index contributed by atoms with van der Waals surface area (Å²) >= 11 is 6.49. The van der Waals surface area contributed by atoms with E-state index in [4.69, 9.17) is 30.8 Å². The first-order valence-corrected chi connectivity index (χ1v) is 11.0. The van der Waals surface area contributed by atoms with Gasteiger partial charge < -0.3 is 19.6 Å². The first-order chi connectivity index (χ1) is 16.1. The lowest BCUT2D eigenvalue weighted by molar-refractivity contribution is 0.0697. The molecule has 0 saturated heterocycles. The van der Waals surface area contributed by atoms with Gasteiger partial charge in [-0.2, -0.15) is 5.10 Å². The third-order valence-corrected chi connectivity index (χ3v) is 5.66. The van der Waals surface area contributed by atoms with Crippen LogP contribution in [-0.4, -0.2) is 33.0 Å². The number of aromatic carboxylic acids is 1. The number of para-hydroxylation sites is 1. The molecule has 34 heavy (non-hydrogen) atoms. The van der Waals surface area contributed by atoms with E-state index in [-0.39, 0.29) is 11.0 Å². The second-order valence-corrected chi connectivity index (χ2v) is 9.21. The normalized spacial score (nSPS) is 11.5. The molecule has 2 aromatic carbocycles. The summed E-state index contributed by atoms with van der Waals surface area (Å²) in [5, 5.41) is 18.2. The predicted molar refractivity (Wildman–Crippen MR) is 131 cm³/mol. The van der Waals surface area contributed by atoms with Crippen molar-refractivity contribution in [2.75, 3.05) is 12.4 Å². The number of hydrogen-bond donors (Lipinski definition) is 2. The SMILES string of the molecule is COc1ccc(Nc2c(-c3nc(C(C)(C)C)co3)c(C)nn2-c2ccccc2Cl)c(C(=O)O)c1. The van der Waals surface area contributed by atoms with Crippen molar-refractivity contribution in [3.8, 4) is 22.9 Å². The molecule has 0 aliphatic carbocycles. The number of oxazole rings is 1. The summed E-state index contributed by atoms with van der Waals surface area (Å²) in [6.45, 7) is 7.97. The van der Waals surface area contributed by atoms with Gasteiger partial charge in [0.05, 0.1) is 40.5 Å². The fourth-order valence-corrected chi connectivity index (χ4v) is 3.71. The van der Waals surface area contributed by atoms with Crippen LogP contribution >= 0.6 is 11.6 Å². The fourth-order valence-electron chi connectivity index (χ4n) is 3.49. The molecule has 0 amide bonds. The van der Waals surface area contributed by atoms with E-state index >= 15 is 0 Å². The van der Waals surface area contributed by atoms with Crippen LogP contribution in [0.25, 0.3) is 17.1 Å². The first kappa shape index (κ1) is 23.4. The number of ether oxygens (including phenoxy) is 1. The highest BCUT2D eigenvalue weighted by molar-refractivity contribution is 6.32. The number of aryl methyl sites for hydroxylation is 1. The lowest BCUT2D eigenvalue weighted by Crippen LogP contribution is -2.11. The minimum atomic E-state index is -1.10. The van der Waals surface area contributed by atoms with Gasteiger partial charge in [0, 0.05) is 5.41 Å². The van der Waals surface area contributed by atoms with E-state index in [1.54, 1.807) is 29.1 Å². The van der Waals surface area contributed by atoms with Gasteiger partial charge in [0.2, 0.25) is 5.89 Å². The zero-order valence-electron chi connectivity index (χ0n) is 19.5. The van der Waals surface area contributed by atoms with Gasteiger partial charge in [-0.15, -0.1) is 0 Å². The van der Waals surface area contributed by atoms with Gasteiger partial charge in [-0.3, -0.25) is 0 Å². The van der Waals surface area contributed by atoms with Crippen molar-refractivity contribution in [3.63, 3.8) is 0 Å². The minimum Gasteiger partial charge on any atom is -0.497 e. The summed E-state index contributed by atoms with van der Waals surface area (Å²) in [6, 6.07) is 12.0. The molecule has 0 atom stereocenters. The molecule has 0 spiro atoms. The molecule has 0 radical (unpaired) electrons. The molecule has 4 aromatic rings. The number of anilines is 2. The Morgan fingerprint density at radius 3 is 2.56 bits per heavy atom. The van der Waals surface area contributed by atoms with Crippen molar-refractivity contribution < 1.29 is 19.1 Å². The predicted octanol–water partition coefficient (Wildman–Crippen LogP) is 6.24. The molecule has 0 aliphatic heterocycles. The second kappa shape index (κ2) is 8.87. The van der Waals surface area contributed by atoms with Gasteiger partial charge >= 0.3 is 5.97 Å². The van der Waals surface area contributed by atoms with Crippen LogP contribution in [0.2, 0.25) is 5.02 Å². The molecule has 0 bridgehead atoms. The molecule has 2 heterocycles. The molecule has 4 rings (SSSR count). The molecule has 0 fully saturated rings. The standard InChI is InChI=1S/C25H25ClN4O4/c1-14-21(23-28-20(13-34-23)25(2,3)4)22(30(29-14)19-9-7-6-8-17(19)26)27-18-11-10-15(33-5)12-16(18)24(31)32/h6-13,27H,1-5H3,(H,31,32). The van der Waals surface area contributed by atoms with Gasteiger partial charge in [0.1, 0.15) is 23.4 Å². The van der Waals surface area contributed by atoms with Crippen molar-refractivity contribution in [2.45, 2.75) is 33.1 Å². The number of nitrogens with zero attached hydrogens (tertiary/aromatic N) is 3. The van der Waals surface area contributed by atoms with Crippen LogP contribution in [0.1, 0.15) is 42.5 Å². The molecule has 0 unspecified atom stereocenters. The van der Waals surface area contributed by atoms with E-state index in [2.05, 4.69) is 5.32 Å². The number of carboxylic acid groups (broad SMARTS) is 1. The minimum absolute atomic E-state index is 0.0395. The van der Waals surface area contributed by atoms with Crippen LogP contribution in [0, 0.1) is 6.92 Å². The Bertz CT molecular complexity index is 1370. The van der Waals surface area contributed by atoms with Gasteiger partial charge in [0.25, 0.3) is 0 Å². The Morgan fingerprint density at radius 1 is 1.21 bits per heavy atom. The van der Waals surface area contributed by atoms with E-state index in [0.717, 1.165) is 5.69 Å². The second-order valence-electron chi connectivity index (χ2n) is 8.80. The van der Waals surface area contributed by atoms with Gasteiger partial charge in [-0.1, -0.05) is 44.5 Å². The van der Waals surface area contributed by atoms with Crippen LogP contribution in [-0.2, 0) is 5.41 Å². The Morgan fingerprint density at radius 2 is 1.94 bits per heavy atom. The van der Waals surface area contributed by atoms with E-state index in [1.807, 2.05) is 45.9 Å². The molecule has 0 aliphatic rings. The summed E-state index contributed by atoms with van der Waals surface area (Å²) in [6.07, 6.45) is 1.63. The molecule has 2 aromatic heterocycles. The zero-order chi connectivity index (χ0) is 24.6. The number of rotatable bonds is 6. The van der Waals surface area contributed by atoms with Crippen LogP contribution in [0.3, 0.4) is 0 Å². The highest BCUT2D eigenvalue weighted by Gasteiger charge is 2.27. The zero-order valence-corrected chi connectivity index (χ0v) is 20.3. The molecular formula is C25H25ClN4O4. The number of nitrogens with one attached hydrogen (secondary N) is 1. The highest BCUT2D eigenvalue weighted by Crippen LogP contribution is 2.38. The van der Waals surface area contributed by atoms with Gasteiger partial charge in [-0.05, 0) is 37.3 Å². The summed E-state index contributed by atoms with van der Waals surface area (Å²) < 4.78 is 12.7. The molecule has 9 heteroatoms. The van der Waals surface area contributed by atoms with Crippen LogP contribution in [0.4, 0.5) is 11.5 Å². The fraction of sp³-hybridized carbons (Fsp3) is 0.240. The Kier molecular flexibility index (Phi) is 6.10. The van der Waals surface area contributed by atoms with E-state index in [0.29, 0.717) is 45.1 Å². The summed E-state index contributed by atoms with van der Waals surface area (Å²) in [5.74, 6) is 0.172. The number of aromatic nitrogens is 3. The van der Waals surface area contributed by atoms with Gasteiger partial charge in [0.15, 0.2) is 0 Å². The largest absolute Gasteiger partial charge is 0.497 e. The van der Waals surface area contributed by atoms with Crippen molar-refractivity contribution >= 4 is 29.1 Å². The number of benzene rings is 2. The average Bonchev–Trinajstić information content (AvgIpc) is 3.39. The maximum atomic E-state index is 12.0. The lowest BCUT2D eigenvalue weighted by Gasteiger charge is -2.15. The summed E-state index contributed by atoms with van der Waals surface area (Å²) in [5.41, 5.74) is 2.82. The number of carbonyl (C=O) groups is 1. The summed E-state index contributed by atoms with van der Waals surface area (Å²) in [7, 11) is 1.48. The quantitative estimate of drug-likeness (QED) is 0.337. The van der Waals surface area contributed by atoms with Crippen molar-refractivity contribution in [2.24, 2.45) is 0 Å².